The number of carbonyl (C=O) groups excluding carboxylic acids is 3. The predicted molar refractivity (Wildman–Crippen MR) is 124 cm³/mol. The second-order valence-electron chi connectivity index (χ2n) is 8.25. The van der Waals surface area contributed by atoms with Gasteiger partial charge in [-0.05, 0) is 43.1 Å². The van der Waals surface area contributed by atoms with Gasteiger partial charge in [-0.25, -0.2) is 4.98 Å². The fourth-order valence-corrected chi connectivity index (χ4v) is 3.91. The number of amides is 3. The third-order valence-corrected chi connectivity index (χ3v) is 5.71. The van der Waals surface area contributed by atoms with Crippen LogP contribution in [0.15, 0.2) is 48.7 Å². The van der Waals surface area contributed by atoms with Gasteiger partial charge in [0.2, 0.25) is 11.8 Å². The van der Waals surface area contributed by atoms with Crippen LogP contribution in [0, 0.1) is 5.92 Å². The van der Waals surface area contributed by atoms with E-state index in [2.05, 4.69) is 20.9 Å². The molecule has 170 valence electrons. The Morgan fingerprint density at radius 1 is 1.12 bits per heavy atom. The van der Waals surface area contributed by atoms with Gasteiger partial charge in [0.25, 0.3) is 5.91 Å². The summed E-state index contributed by atoms with van der Waals surface area (Å²) in [5.41, 5.74) is 1.48. The molecule has 0 unspecified atom stereocenters. The molecule has 3 rings (SSSR count). The first-order valence-corrected chi connectivity index (χ1v) is 11.0. The Morgan fingerprint density at radius 3 is 2.47 bits per heavy atom. The number of hydrogen-bond donors (Lipinski definition) is 3. The monoisotopic (exact) mass is 437 g/mol. The summed E-state index contributed by atoms with van der Waals surface area (Å²) >= 11 is 0. The lowest BCUT2D eigenvalue weighted by atomic mass is 10.0. The number of anilines is 2. The van der Waals surface area contributed by atoms with Gasteiger partial charge in [0.1, 0.15) is 17.9 Å². The maximum Gasteiger partial charge on any atom is 0.251 e. The summed E-state index contributed by atoms with van der Waals surface area (Å²) < 4.78 is 0. The average Bonchev–Trinajstić information content (AvgIpc) is 3.18. The number of benzene rings is 1. The quantitative estimate of drug-likeness (QED) is 0.587. The van der Waals surface area contributed by atoms with Crippen molar-refractivity contribution < 1.29 is 14.4 Å². The zero-order chi connectivity index (χ0) is 23.3. The number of hydrogen-bond acceptors (Lipinski definition) is 5. The normalized spacial score (nSPS) is 16.9. The molecule has 1 aromatic carbocycles. The van der Waals surface area contributed by atoms with Gasteiger partial charge in [0, 0.05) is 18.3 Å². The van der Waals surface area contributed by atoms with E-state index in [-0.39, 0.29) is 23.6 Å². The van der Waals surface area contributed by atoms with E-state index in [4.69, 9.17) is 0 Å². The Balaban J connectivity index is 1.89. The maximum absolute atomic E-state index is 13.7. The Labute approximate surface area is 188 Å². The number of fused-ring (bicyclic) bond motifs is 1. The SMILES string of the molecule is CC[C@H](NC)C(=O)N[C@H](C(=O)N1c2ncccc2C[C@H]1C(=O)Nc1ccccc1)C(C)C. The van der Waals surface area contributed by atoms with Crippen LogP contribution in [0.3, 0.4) is 0 Å². The summed E-state index contributed by atoms with van der Waals surface area (Å²) in [4.78, 5) is 45.4. The molecule has 0 fully saturated rings. The summed E-state index contributed by atoms with van der Waals surface area (Å²) in [7, 11) is 1.71. The number of likely N-dealkylation sites (N-methyl/N-ethyl adjacent to an activating group) is 1. The summed E-state index contributed by atoms with van der Waals surface area (Å²) in [6.45, 7) is 5.65. The summed E-state index contributed by atoms with van der Waals surface area (Å²) in [6.07, 6.45) is 2.56. The molecular weight excluding hydrogens is 406 g/mol. The molecule has 32 heavy (non-hydrogen) atoms. The highest BCUT2D eigenvalue weighted by atomic mass is 16.2. The van der Waals surface area contributed by atoms with Gasteiger partial charge in [-0.3, -0.25) is 19.3 Å². The van der Waals surface area contributed by atoms with Crippen LogP contribution in [-0.2, 0) is 20.8 Å². The summed E-state index contributed by atoms with van der Waals surface area (Å²) in [5, 5.41) is 8.73. The number of nitrogens with zero attached hydrogens (tertiary/aromatic N) is 2. The largest absolute Gasteiger partial charge is 0.343 e. The Morgan fingerprint density at radius 2 is 1.84 bits per heavy atom. The lowest BCUT2D eigenvalue weighted by Gasteiger charge is -2.31. The second-order valence-corrected chi connectivity index (χ2v) is 8.25. The molecule has 8 heteroatoms. The Kier molecular flexibility index (Phi) is 7.58. The minimum absolute atomic E-state index is 0.175. The number of para-hydroxylation sites is 1. The van der Waals surface area contributed by atoms with Gasteiger partial charge in [0.05, 0.1) is 6.04 Å². The number of carbonyl (C=O) groups is 3. The zero-order valence-corrected chi connectivity index (χ0v) is 19.0. The molecule has 0 spiro atoms. The third-order valence-electron chi connectivity index (χ3n) is 5.71. The van der Waals surface area contributed by atoms with Crippen LogP contribution in [0.25, 0.3) is 0 Å². The van der Waals surface area contributed by atoms with Gasteiger partial charge in [-0.15, -0.1) is 0 Å². The van der Waals surface area contributed by atoms with Crippen LogP contribution in [0.4, 0.5) is 11.5 Å². The first-order chi connectivity index (χ1) is 15.4. The van der Waals surface area contributed by atoms with Crippen LogP contribution in [-0.4, -0.2) is 47.9 Å². The van der Waals surface area contributed by atoms with Crippen molar-refractivity contribution in [1.29, 1.82) is 0 Å². The highest BCUT2D eigenvalue weighted by molar-refractivity contribution is 6.09. The van der Waals surface area contributed by atoms with E-state index in [9.17, 15) is 14.4 Å². The molecule has 1 aromatic heterocycles. The van der Waals surface area contributed by atoms with E-state index in [1.165, 1.54) is 4.90 Å². The first-order valence-electron chi connectivity index (χ1n) is 11.0. The van der Waals surface area contributed by atoms with E-state index in [1.807, 2.05) is 45.0 Å². The molecule has 0 saturated heterocycles. The molecule has 1 aliphatic heterocycles. The van der Waals surface area contributed by atoms with Crippen molar-refractivity contribution in [1.82, 2.24) is 15.6 Å². The van der Waals surface area contributed by atoms with Crippen LogP contribution >= 0.6 is 0 Å². The van der Waals surface area contributed by atoms with Crippen molar-refractivity contribution in [3.63, 3.8) is 0 Å². The van der Waals surface area contributed by atoms with E-state index in [0.717, 1.165) is 5.56 Å². The van der Waals surface area contributed by atoms with Crippen LogP contribution in [0.5, 0.6) is 0 Å². The molecule has 2 aromatic rings. The molecule has 0 bridgehead atoms. The molecule has 0 saturated carbocycles. The Bertz CT molecular complexity index is 959. The van der Waals surface area contributed by atoms with Crippen LogP contribution < -0.4 is 20.9 Å². The third kappa shape index (κ3) is 4.96. The van der Waals surface area contributed by atoms with Crippen molar-refractivity contribution in [3.8, 4) is 0 Å². The molecule has 0 aliphatic carbocycles. The highest BCUT2D eigenvalue weighted by Crippen LogP contribution is 2.32. The number of pyridine rings is 1. The van der Waals surface area contributed by atoms with Crippen molar-refractivity contribution in [3.05, 3.63) is 54.2 Å². The zero-order valence-electron chi connectivity index (χ0n) is 19.0. The Hall–Kier alpha value is -3.26. The van der Waals surface area contributed by atoms with E-state index >= 15 is 0 Å². The molecule has 3 atom stereocenters. The smallest absolute Gasteiger partial charge is 0.251 e. The molecule has 8 nitrogen and oxygen atoms in total. The molecule has 3 N–H and O–H groups in total. The van der Waals surface area contributed by atoms with Gasteiger partial charge < -0.3 is 16.0 Å². The molecule has 3 amide bonds. The lowest BCUT2D eigenvalue weighted by Crippen LogP contribution is -2.58. The highest BCUT2D eigenvalue weighted by Gasteiger charge is 2.43. The van der Waals surface area contributed by atoms with Gasteiger partial charge >= 0.3 is 0 Å². The minimum Gasteiger partial charge on any atom is -0.343 e. The fraction of sp³-hybridized carbons (Fsp3) is 0.417. The van der Waals surface area contributed by atoms with Crippen molar-refractivity contribution >= 4 is 29.2 Å². The minimum atomic E-state index is -0.787. The molecule has 2 heterocycles. The van der Waals surface area contributed by atoms with Crippen molar-refractivity contribution in [2.24, 2.45) is 5.92 Å². The standard InChI is InChI=1S/C24H31N5O3/c1-5-18(25-4)22(30)28-20(15(2)3)24(32)29-19(14-16-10-9-13-26-21(16)29)23(31)27-17-11-7-6-8-12-17/h6-13,15,18-20,25H,5,14H2,1-4H3,(H,27,31)(H,28,30)/t18-,19-,20-/m0/s1. The fourth-order valence-electron chi connectivity index (χ4n) is 3.91. The first kappa shape index (κ1) is 23.4. The van der Waals surface area contributed by atoms with Gasteiger partial charge in [0.15, 0.2) is 0 Å². The van der Waals surface area contributed by atoms with E-state index in [0.29, 0.717) is 24.3 Å². The second kappa shape index (κ2) is 10.4. The number of nitrogens with one attached hydrogen (secondary N) is 3. The van der Waals surface area contributed by atoms with Crippen molar-refractivity contribution in [2.75, 3.05) is 17.3 Å². The number of rotatable bonds is 8. The average molecular weight is 438 g/mol. The maximum atomic E-state index is 13.7. The number of aromatic nitrogens is 1. The van der Waals surface area contributed by atoms with Gasteiger partial charge in [-0.2, -0.15) is 0 Å². The predicted octanol–water partition coefficient (Wildman–Crippen LogP) is 2.12. The van der Waals surface area contributed by atoms with E-state index < -0.39 is 18.1 Å². The van der Waals surface area contributed by atoms with Crippen LogP contribution in [0.1, 0.15) is 32.8 Å². The summed E-state index contributed by atoms with van der Waals surface area (Å²) in [5.74, 6) is -0.589. The molecule has 0 radical (unpaired) electrons. The topological polar surface area (TPSA) is 103 Å². The van der Waals surface area contributed by atoms with E-state index in [1.54, 1.807) is 31.4 Å². The molecule has 1 aliphatic rings. The van der Waals surface area contributed by atoms with Crippen molar-refractivity contribution in [2.45, 2.75) is 51.7 Å². The lowest BCUT2D eigenvalue weighted by molar-refractivity contribution is -0.130. The molecular formula is C24H31N5O3. The summed E-state index contributed by atoms with van der Waals surface area (Å²) in [6, 6.07) is 10.8. The van der Waals surface area contributed by atoms with Crippen LogP contribution in [0.2, 0.25) is 0 Å². The van der Waals surface area contributed by atoms with Gasteiger partial charge in [-0.1, -0.05) is 45.0 Å².